The van der Waals surface area contributed by atoms with E-state index in [0.717, 1.165) is 31.3 Å². The van der Waals surface area contributed by atoms with Crippen molar-refractivity contribution < 1.29 is 4.74 Å². The molecule has 24 heavy (non-hydrogen) atoms. The third-order valence-corrected chi connectivity index (χ3v) is 4.87. The van der Waals surface area contributed by atoms with Crippen LogP contribution in [0.25, 0.3) is 0 Å². The predicted octanol–water partition coefficient (Wildman–Crippen LogP) is 2.44. The SMILES string of the molecule is CN=C(NCCOC1CCCCCC1)NCc1c(C)nn(C)c1C. The summed E-state index contributed by atoms with van der Waals surface area (Å²) in [6, 6.07) is 0. The molecule has 0 saturated heterocycles. The highest BCUT2D eigenvalue weighted by atomic mass is 16.5. The topological polar surface area (TPSA) is 63.5 Å². The van der Waals surface area contributed by atoms with Crippen LogP contribution >= 0.6 is 0 Å². The van der Waals surface area contributed by atoms with Crippen LogP contribution in [-0.4, -0.2) is 42.0 Å². The Balaban J connectivity index is 1.68. The molecule has 0 bridgehead atoms. The highest BCUT2D eigenvalue weighted by Gasteiger charge is 2.12. The van der Waals surface area contributed by atoms with E-state index in [4.69, 9.17) is 4.74 Å². The monoisotopic (exact) mass is 335 g/mol. The van der Waals surface area contributed by atoms with Crippen molar-refractivity contribution in [3.8, 4) is 0 Å². The third kappa shape index (κ3) is 5.51. The zero-order valence-electron chi connectivity index (χ0n) is 15.7. The van der Waals surface area contributed by atoms with Crippen LogP contribution in [0.15, 0.2) is 4.99 Å². The van der Waals surface area contributed by atoms with Crippen molar-refractivity contribution in [3.05, 3.63) is 17.0 Å². The van der Waals surface area contributed by atoms with E-state index in [1.807, 2.05) is 18.7 Å². The van der Waals surface area contributed by atoms with E-state index in [1.165, 1.54) is 49.8 Å². The molecule has 0 aliphatic heterocycles. The van der Waals surface area contributed by atoms with Crippen LogP contribution in [0.3, 0.4) is 0 Å². The summed E-state index contributed by atoms with van der Waals surface area (Å²) in [4.78, 5) is 4.28. The highest BCUT2D eigenvalue weighted by Crippen LogP contribution is 2.19. The fourth-order valence-electron chi connectivity index (χ4n) is 3.27. The molecule has 1 saturated carbocycles. The molecule has 0 radical (unpaired) electrons. The Kier molecular flexibility index (Phi) is 7.56. The highest BCUT2D eigenvalue weighted by molar-refractivity contribution is 5.79. The molecule has 2 N–H and O–H groups in total. The Bertz CT molecular complexity index is 530. The number of aryl methyl sites for hydroxylation is 2. The minimum Gasteiger partial charge on any atom is -0.376 e. The van der Waals surface area contributed by atoms with Gasteiger partial charge < -0.3 is 15.4 Å². The lowest BCUT2D eigenvalue weighted by atomic mass is 10.1. The molecule has 0 spiro atoms. The summed E-state index contributed by atoms with van der Waals surface area (Å²) in [5, 5.41) is 11.1. The second-order valence-corrected chi connectivity index (χ2v) is 6.61. The normalized spacial score (nSPS) is 16.9. The molecule has 2 rings (SSSR count). The quantitative estimate of drug-likeness (QED) is 0.363. The molecule has 1 aromatic rings. The van der Waals surface area contributed by atoms with Crippen molar-refractivity contribution in [2.75, 3.05) is 20.2 Å². The van der Waals surface area contributed by atoms with E-state index in [1.54, 1.807) is 7.05 Å². The minimum absolute atomic E-state index is 0.449. The largest absolute Gasteiger partial charge is 0.376 e. The number of rotatable bonds is 6. The first-order valence-electron chi connectivity index (χ1n) is 9.17. The van der Waals surface area contributed by atoms with E-state index >= 15 is 0 Å². The Labute approximate surface area is 146 Å². The van der Waals surface area contributed by atoms with E-state index < -0.39 is 0 Å². The first kappa shape index (κ1) is 18.8. The lowest BCUT2D eigenvalue weighted by molar-refractivity contribution is 0.0468. The van der Waals surface area contributed by atoms with Gasteiger partial charge in [-0.3, -0.25) is 9.67 Å². The molecule has 1 aliphatic rings. The van der Waals surface area contributed by atoms with Crippen LogP contribution in [-0.2, 0) is 18.3 Å². The molecule has 1 heterocycles. The minimum atomic E-state index is 0.449. The van der Waals surface area contributed by atoms with Crippen LogP contribution < -0.4 is 10.6 Å². The van der Waals surface area contributed by atoms with Gasteiger partial charge in [0.1, 0.15) is 0 Å². The molecule has 0 amide bonds. The molecule has 1 aliphatic carbocycles. The summed E-state index contributed by atoms with van der Waals surface area (Å²) in [5.41, 5.74) is 3.48. The van der Waals surface area contributed by atoms with Crippen molar-refractivity contribution >= 4 is 5.96 Å². The van der Waals surface area contributed by atoms with Gasteiger partial charge in [-0.2, -0.15) is 5.10 Å². The van der Waals surface area contributed by atoms with E-state index in [2.05, 4.69) is 27.6 Å². The fourth-order valence-corrected chi connectivity index (χ4v) is 3.27. The fraction of sp³-hybridized carbons (Fsp3) is 0.778. The molecule has 1 aromatic heterocycles. The van der Waals surface area contributed by atoms with Crippen LogP contribution in [0, 0.1) is 13.8 Å². The molecule has 6 nitrogen and oxygen atoms in total. The molecule has 1 fully saturated rings. The maximum absolute atomic E-state index is 6.00. The molecule has 136 valence electrons. The van der Waals surface area contributed by atoms with Crippen LogP contribution in [0.5, 0.6) is 0 Å². The second-order valence-electron chi connectivity index (χ2n) is 6.61. The Morgan fingerprint density at radius 1 is 1.21 bits per heavy atom. The Morgan fingerprint density at radius 3 is 2.50 bits per heavy atom. The van der Waals surface area contributed by atoms with Crippen LogP contribution in [0.2, 0.25) is 0 Å². The van der Waals surface area contributed by atoms with Gasteiger partial charge in [-0.15, -0.1) is 0 Å². The van der Waals surface area contributed by atoms with Crippen molar-refractivity contribution in [1.82, 2.24) is 20.4 Å². The number of guanidine groups is 1. The zero-order chi connectivity index (χ0) is 17.4. The average molecular weight is 335 g/mol. The summed E-state index contributed by atoms with van der Waals surface area (Å²) in [6.45, 7) is 6.38. The predicted molar refractivity (Wildman–Crippen MR) is 98.3 cm³/mol. The van der Waals surface area contributed by atoms with Crippen molar-refractivity contribution in [1.29, 1.82) is 0 Å². The number of hydrogen-bond donors (Lipinski definition) is 2. The smallest absolute Gasteiger partial charge is 0.191 e. The number of nitrogens with one attached hydrogen (secondary N) is 2. The average Bonchev–Trinajstić information content (AvgIpc) is 2.78. The van der Waals surface area contributed by atoms with Gasteiger partial charge in [-0.05, 0) is 26.7 Å². The number of nitrogens with zero attached hydrogens (tertiary/aromatic N) is 3. The van der Waals surface area contributed by atoms with Crippen molar-refractivity contribution in [3.63, 3.8) is 0 Å². The summed E-state index contributed by atoms with van der Waals surface area (Å²) < 4.78 is 7.92. The number of aromatic nitrogens is 2. The van der Waals surface area contributed by atoms with Gasteiger partial charge >= 0.3 is 0 Å². The maximum Gasteiger partial charge on any atom is 0.191 e. The van der Waals surface area contributed by atoms with Gasteiger partial charge in [0, 0.05) is 38.4 Å². The van der Waals surface area contributed by atoms with Gasteiger partial charge in [0.15, 0.2) is 5.96 Å². The Morgan fingerprint density at radius 2 is 1.92 bits per heavy atom. The summed E-state index contributed by atoms with van der Waals surface area (Å²) >= 11 is 0. The van der Waals surface area contributed by atoms with Gasteiger partial charge in [0.25, 0.3) is 0 Å². The van der Waals surface area contributed by atoms with Crippen LogP contribution in [0.4, 0.5) is 0 Å². The lowest BCUT2D eigenvalue weighted by Gasteiger charge is -2.17. The number of aliphatic imine (C=N–C) groups is 1. The maximum atomic E-state index is 6.00. The van der Waals surface area contributed by atoms with Crippen molar-refractivity contribution in [2.45, 2.75) is 65.0 Å². The third-order valence-electron chi connectivity index (χ3n) is 4.87. The standard InChI is InChI=1S/C18H33N5O/c1-14-17(15(2)23(4)22-14)13-21-18(19-3)20-11-12-24-16-9-7-5-6-8-10-16/h16H,5-13H2,1-4H3,(H2,19,20,21). The molecular formula is C18H33N5O. The molecule has 0 aromatic carbocycles. The first-order chi connectivity index (χ1) is 11.6. The molecule has 0 atom stereocenters. The molecular weight excluding hydrogens is 302 g/mol. The van der Waals surface area contributed by atoms with Crippen molar-refractivity contribution in [2.24, 2.45) is 12.0 Å². The van der Waals surface area contributed by atoms with Gasteiger partial charge in [-0.1, -0.05) is 25.7 Å². The van der Waals surface area contributed by atoms with Gasteiger partial charge in [0.05, 0.1) is 18.4 Å². The summed E-state index contributed by atoms with van der Waals surface area (Å²) in [5.74, 6) is 0.808. The van der Waals surface area contributed by atoms with Gasteiger partial charge in [0.2, 0.25) is 0 Å². The van der Waals surface area contributed by atoms with Gasteiger partial charge in [-0.25, -0.2) is 0 Å². The summed E-state index contributed by atoms with van der Waals surface area (Å²) in [6.07, 6.45) is 8.23. The molecule has 0 unspecified atom stereocenters. The van der Waals surface area contributed by atoms with E-state index in [-0.39, 0.29) is 0 Å². The Hall–Kier alpha value is -1.56. The number of hydrogen-bond acceptors (Lipinski definition) is 3. The van der Waals surface area contributed by atoms with E-state index in [0.29, 0.717) is 6.10 Å². The summed E-state index contributed by atoms with van der Waals surface area (Å²) in [7, 11) is 3.77. The second kappa shape index (κ2) is 9.67. The number of ether oxygens (including phenoxy) is 1. The zero-order valence-corrected chi connectivity index (χ0v) is 15.7. The van der Waals surface area contributed by atoms with E-state index in [9.17, 15) is 0 Å². The first-order valence-corrected chi connectivity index (χ1v) is 9.17. The lowest BCUT2D eigenvalue weighted by Crippen LogP contribution is -2.39. The van der Waals surface area contributed by atoms with Crippen LogP contribution in [0.1, 0.15) is 55.5 Å². The molecule has 6 heteroatoms.